The van der Waals surface area contributed by atoms with E-state index in [4.69, 9.17) is 5.73 Å². The first kappa shape index (κ1) is 12.4. The van der Waals surface area contributed by atoms with Gasteiger partial charge in [-0.05, 0) is 24.6 Å². The summed E-state index contributed by atoms with van der Waals surface area (Å²) >= 11 is 0. The first-order chi connectivity index (χ1) is 9.74. The highest BCUT2D eigenvalue weighted by molar-refractivity contribution is 5.74. The fourth-order valence-corrected chi connectivity index (χ4v) is 2.24. The van der Waals surface area contributed by atoms with E-state index in [9.17, 15) is 4.79 Å². The summed E-state index contributed by atoms with van der Waals surface area (Å²) in [5, 5.41) is 4.12. The molecule has 2 aromatic heterocycles. The van der Waals surface area contributed by atoms with Crippen LogP contribution in [0.2, 0.25) is 0 Å². The molecular formula is C14H15N5O. The van der Waals surface area contributed by atoms with Crippen molar-refractivity contribution in [2.45, 2.75) is 19.5 Å². The topological polar surface area (TPSA) is 78.7 Å². The molecule has 3 rings (SSSR count). The van der Waals surface area contributed by atoms with E-state index in [2.05, 4.69) is 10.1 Å². The number of hydrogen-bond donors (Lipinski definition) is 1. The van der Waals surface area contributed by atoms with Crippen molar-refractivity contribution in [1.29, 1.82) is 0 Å². The number of hydrogen-bond acceptors (Lipinski definition) is 4. The predicted molar refractivity (Wildman–Crippen MR) is 77.3 cm³/mol. The fourth-order valence-electron chi connectivity index (χ4n) is 2.24. The number of aryl methyl sites for hydroxylation is 2. The van der Waals surface area contributed by atoms with Gasteiger partial charge in [-0.15, -0.1) is 0 Å². The summed E-state index contributed by atoms with van der Waals surface area (Å²) < 4.78 is 3.53. The van der Waals surface area contributed by atoms with E-state index in [-0.39, 0.29) is 5.56 Å². The molecule has 0 radical (unpaired) electrons. The zero-order chi connectivity index (χ0) is 13.9. The maximum Gasteiger partial charge on any atom is 0.269 e. The van der Waals surface area contributed by atoms with Gasteiger partial charge in [-0.3, -0.25) is 9.48 Å². The number of nitrogens with two attached hydrogens (primary N) is 1. The Bertz CT molecular complexity index is 789. The van der Waals surface area contributed by atoms with Crippen LogP contribution in [0.3, 0.4) is 0 Å². The van der Waals surface area contributed by atoms with E-state index in [1.165, 1.54) is 6.20 Å². The summed E-state index contributed by atoms with van der Waals surface area (Å²) in [5.41, 5.74) is 7.17. The average Bonchev–Trinajstić information content (AvgIpc) is 2.87. The van der Waals surface area contributed by atoms with Crippen molar-refractivity contribution >= 4 is 16.9 Å². The summed E-state index contributed by atoms with van der Waals surface area (Å²) in [4.78, 5) is 16.1. The van der Waals surface area contributed by atoms with Crippen LogP contribution in [0.4, 0.5) is 5.82 Å². The highest BCUT2D eigenvalue weighted by atomic mass is 16.1. The number of fused-ring (bicyclic) bond motifs is 1. The largest absolute Gasteiger partial charge is 0.382 e. The Labute approximate surface area is 115 Å². The summed E-state index contributed by atoms with van der Waals surface area (Å²) in [7, 11) is 0. The van der Waals surface area contributed by atoms with Gasteiger partial charge in [0.25, 0.3) is 5.56 Å². The predicted octanol–water partition coefficient (Wildman–Crippen LogP) is 1.27. The number of nitrogens with zero attached hydrogens (tertiary/aromatic N) is 4. The Morgan fingerprint density at radius 1 is 1.15 bits per heavy atom. The maximum absolute atomic E-state index is 11.9. The minimum absolute atomic E-state index is 0.0799. The lowest BCUT2D eigenvalue weighted by Crippen LogP contribution is -2.21. The number of benzene rings is 1. The molecule has 0 bridgehead atoms. The quantitative estimate of drug-likeness (QED) is 0.773. The molecule has 0 aliphatic heterocycles. The molecule has 0 aliphatic rings. The SMILES string of the molecule is Nc1ccn(CCCn2c(=O)cnc3ccccc32)n1. The molecule has 102 valence electrons. The van der Waals surface area contributed by atoms with E-state index in [0.717, 1.165) is 24.0 Å². The lowest BCUT2D eigenvalue weighted by atomic mass is 10.3. The van der Waals surface area contributed by atoms with Crippen LogP contribution < -0.4 is 11.3 Å². The van der Waals surface area contributed by atoms with Gasteiger partial charge in [-0.25, -0.2) is 4.98 Å². The number of rotatable bonds is 4. The van der Waals surface area contributed by atoms with Crippen LogP contribution in [0.15, 0.2) is 47.5 Å². The minimum atomic E-state index is -0.0799. The second kappa shape index (κ2) is 5.16. The van der Waals surface area contributed by atoms with Gasteiger partial charge in [0.2, 0.25) is 0 Å². The number of nitrogen functional groups attached to an aromatic ring is 1. The van der Waals surface area contributed by atoms with Crippen molar-refractivity contribution in [2.75, 3.05) is 5.73 Å². The second-order valence-electron chi connectivity index (χ2n) is 4.59. The molecule has 6 heteroatoms. The smallest absolute Gasteiger partial charge is 0.269 e. The molecular weight excluding hydrogens is 254 g/mol. The lowest BCUT2D eigenvalue weighted by molar-refractivity contribution is 0.527. The summed E-state index contributed by atoms with van der Waals surface area (Å²) in [6, 6.07) is 9.40. The van der Waals surface area contributed by atoms with Crippen LogP contribution in [-0.4, -0.2) is 19.3 Å². The standard InChI is InChI=1S/C14H15N5O/c15-13-6-9-18(17-13)7-3-8-19-12-5-2-1-4-11(12)16-10-14(19)20/h1-2,4-6,9-10H,3,7-8H2,(H2,15,17). The number of aromatic nitrogens is 4. The molecule has 0 saturated carbocycles. The fraction of sp³-hybridized carbons (Fsp3) is 0.214. The molecule has 3 aromatic rings. The zero-order valence-electron chi connectivity index (χ0n) is 10.9. The molecule has 20 heavy (non-hydrogen) atoms. The van der Waals surface area contributed by atoms with Crippen LogP contribution in [0.5, 0.6) is 0 Å². The third-order valence-corrected chi connectivity index (χ3v) is 3.18. The van der Waals surface area contributed by atoms with E-state index in [0.29, 0.717) is 12.4 Å². The Morgan fingerprint density at radius 2 is 2.00 bits per heavy atom. The highest BCUT2D eigenvalue weighted by Gasteiger charge is 2.03. The highest BCUT2D eigenvalue weighted by Crippen LogP contribution is 2.09. The van der Waals surface area contributed by atoms with Crippen LogP contribution >= 0.6 is 0 Å². The van der Waals surface area contributed by atoms with Crippen LogP contribution in [0, 0.1) is 0 Å². The second-order valence-corrected chi connectivity index (χ2v) is 4.59. The minimum Gasteiger partial charge on any atom is -0.382 e. The van der Waals surface area contributed by atoms with Gasteiger partial charge in [-0.2, -0.15) is 5.10 Å². The molecule has 0 saturated heterocycles. The summed E-state index contributed by atoms with van der Waals surface area (Å²) in [6.45, 7) is 1.35. The van der Waals surface area contributed by atoms with Crippen molar-refractivity contribution in [1.82, 2.24) is 19.3 Å². The Morgan fingerprint density at radius 3 is 2.80 bits per heavy atom. The molecule has 0 amide bonds. The molecule has 1 aromatic carbocycles. The van der Waals surface area contributed by atoms with E-state index >= 15 is 0 Å². The van der Waals surface area contributed by atoms with Gasteiger partial charge < -0.3 is 10.3 Å². The van der Waals surface area contributed by atoms with Gasteiger partial charge in [-0.1, -0.05) is 12.1 Å². The van der Waals surface area contributed by atoms with Gasteiger partial charge in [0.05, 0.1) is 17.2 Å². The molecule has 0 spiro atoms. The normalized spacial score (nSPS) is 11.0. The van der Waals surface area contributed by atoms with Crippen molar-refractivity contribution in [3.63, 3.8) is 0 Å². The third-order valence-electron chi connectivity index (χ3n) is 3.18. The molecule has 0 aliphatic carbocycles. The van der Waals surface area contributed by atoms with E-state index in [1.807, 2.05) is 30.5 Å². The van der Waals surface area contributed by atoms with E-state index in [1.54, 1.807) is 15.3 Å². The van der Waals surface area contributed by atoms with Crippen LogP contribution in [-0.2, 0) is 13.1 Å². The van der Waals surface area contributed by atoms with Crippen molar-refractivity contribution in [2.24, 2.45) is 0 Å². The molecule has 0 atom stereocenters. The summed E-state index contributed by atoms with van der Waals surface area (Å²) in [5.74, 6) is 0.511. The van der Waals surface area contributed by atoms with Crippen LogP contribution in [0.25, 0.3) is 11.0 Å². The zero-order valence-corrected chi connectivity index (χ0v) is 10.9. The Hall–Kier alpha value is -2.63. The third kappa shape index (κ3) is 2.40. The van der Waals surface area contributed by atoms with Crippen molar-refractivity contribution < 1.29 is 0 Å². The van der Waals surface area contributed by atoms with Gasteiger partial charge >= 0.3 is 0 Å². The van der Waals surface area contributed by atoms with E-state index < -0.39 is 0 Å². The first-order valence-corrected chi connectivity index (χ1v) is 6.47. The molecule has 2 heterocycles. The maximum atomic E-state index is 11.9. The molecule has 2 N–H and O–H groups in total. The number of para-hydroxylation sites is 2. The van der Waals surface area contributed by atoms with Gasteiger partial charge in [0.1, 0.15) is 5.82 Å². The summed E-state index contributed by atoms with van der Waals surface area (Å²) in [6.07, 6.45) is 4.01. The van der Waals surface area contributed by atoms with Crippen LogP contribution in [0.1, 0.15) is 6.42 Å². The molecule has 0 fully saturated rings. The first-order valence-electron chi connectivity index (χ1n) is 6.47. The Balaban J connectivity index is 1.80. The molecule has 6 nitrogen and oxygen atoms in total. The van der Waals surface area contributed by atoms with Gasteiger partial charge in [0, 0.05) is 19.3 Å². The average molecular weight is 269 g/mol. The van der Waals surface area contributed by atoms with Crippen molar-refractivity contribution in [3.8, 4) is 0 Å². The monoisotopic (exact) mass is 269 g/mol. The van der Waals surface area contributed by atoms with Crippen molar-refractivity contribution in [3.05, 3.63) is 53.1 Å². The Kier molecular flexibility index (Phi) is 3.20. The van der Waals surface area contributed by atoms with Gasteiger partial charge in [0.15, 0.2) is 0 Å². The number of anilines is 1. The lowest BCUT2D eigenvalue weighted by Gasteiger charge is -2.09. The molecule has 0 unspecified atom stereocenters.